The van der Waals surface area contributed by atoms with Crippen LogP contribution < -0.4 is 5.32 Å². The van der Waals surface area contributed by atoms with Gasteiger partial charge in [0.2, 0.25) is 0 Å². The second kappa shape index (κ2) is 8.33. The van der Waals surface area contributed by atoms with Crippen molar-refractivity contribution in [2.45, 2.75) is 22.0 Å². The van der Waals surface area contributed by atoms with Crippen LogP contribution in [-0.2, 0) is 4.79 Å². The number of fused-ring (bicyclic) bond motifs is 3. The Kier molecular flexibility index (Phi) is 5.97. The molecule has 29 heavy (non-hydrogen) atoms. The number of hydrogen-bond acceptors (Lipinski definition) is 4. The summed E-state index contributed by atoms with van der Waals surface area (Å²) >= 11 is 1.69. The van der Waals surface area contributed by atoms with Crippen molar-refractivity contribution in [2.75, 3.05) is 5.32 Å². The molecule has 0 spiro atoms. The summed E-state index contributed by atoms with van der Waals surface area (Å²) in [5.41, 5.74) is 3.84. The van der Waals surface area contributed by atoms with Crippen LogP contribution in [0.1, 0.15) is 11.6 Å². The van der Waals surface area contributed by atoms with Gasteiger partial charge in [0.1, 0.15) is 6.17 Å². The molecule has 0 fully saturated rings. The molecule has 2 N–H and O–H groups in total. The van der Waals surface area contributed by atoms with Crippen LogP contribution in [0.4, 0.5) is 15.8 Å². The van der Waals surface area contributed by atoms with Crippen molar-refractivity contribution in [3.05, 3.63) is 83.5 Å². The van der Waals surface area contributed by atoms with Crippen molar-refractivity contribution >= 4 is 86.2 Å². The molecular formula is C22H15FKN2O2S. The van der Waals surface area contributed by atoms with Gasteiger partial charge in [-0.25, -0.2) is 9.18 Å². The summed E-state index contributed by atoms with van der Waals surface area (Å²) in [5.74, 6) is -1.08. The number of carboxylic acids is 1. The maximum atomic E-state index is 13.7. The number of carbonyl (C=O) groups is 1. The van der Waals surface area contributed by atoms with Gasteiger partial charge in [-0.15, -0.1) is 0 Å². The molecule has 5 rings (SSSR count). The van der Waals surface area contributed by atoms with Crippen LogP contribution in [0.25, 0.3) is 0 Å². The van der Waals surface area contributed by atoms with E-state index in [0.717, 1.165) is 26.7 Å². The third kappa shape index (κ3) is 3.95. The van der Waals surface area contributed by atoms with Crippen molar-refractivity contribution in [1.82, 2.24) is 0 Å². The summed E-state index contributed by atoms with van der Waals surface area (Å²) in [6, 6.07) is 13.6. The fourth-order valence-corrected chi connectivity index (χ4v) is 4.51. The maximum Gasteiger partial charge on any atom is 0.336 e. The van der Waals surface area contributed by atoms with Gasteiger partial charge >= 0.3 is 5.97 Å². The van der Waals surface area contributed by atoms with Gasteiger partial charge in [0, 0.05) is 66.7 Å². The number of halogens is 1. The number of para-hydroxylation sites is 1. The molecule has 7 heteroatoms. The van der Waals surface area contributed by atoms with E-state index in [0.29, 0.717) is 11.3 Å². The van der Waals surface area contributed by atoms with Crippen LogP contribution in [0.2, 0.25) is 0 Å². The van der Waals surface area contributed by atoms with Gasteiger partial charge in [0.05, 0.1) is 28.7 Å². The number of hydrogen-bond donors (Lipinski definition) is 2. The zero-order chi connectivity index (χ0) is 19.3. The summed E-state index contributed by atoms with van der Waals surface area (Å²) in [5, 5.41) is 13.0. The summed E-state index contributed by atoms with van der Waals surface area (Å²) < 4.78 is 13.7. The van der Waals surface area contributed by atoms with E-state index in [1.165, 1.54) is 12.2 Å². The van der Waals surface area contributed by atoms with Gasteiger partial charge in [0.15, 0.2) is 0 Å². The number of allylic oxidation sites excluding steroid dienone is 3. The molecule has 0 aromatic heterocycles. The largest absolute Gasteiger partial charge is 0.478 e. The molecule has 0 saturated carbocycles. The third-order valence-corrected chi connectivity index (χ3v) is 6.04. The molecule has 1 radical (unpaired) electrons. The molecule has 2 unspecified atom stereocenters. The first-order valence-electron chi connectivity index (χ1n) is 8.84. The maximum absolute atomic E-state index is 13.7. The Labute approximate surface area is 214 Å². The first kappa shape index (κ1) is 20.8. The van der Waals surface area contributed by atoms with E-state index >= 15 is 0 Å². The smallest absolute Gasteiger partial charge is 0.336 e. The second-order valence-electron chi connectivity index (χ2n) is 6.71. The molecular weight excluding hydrogens is 414 g/mol. The molecule has 3 aliphatic rings. The predicted molar refractivity (Wildman–Crippen MR) is 114 cm³/mol. The van der Waals surface area contributed by atoms with E-state index in [1.54, 1.807) is 23.9 Å². The van der Waals surface area contributed by atoms with Gasteiger partial charge in [0.25, 0.3) is 0 Å². The van der Waals surface area contributed by atoms with E-state index in [2.05, 4.69) is 16.4 Å². The Balaban J connectivity index is 0.00000205. The van der Waals surface area contributed by atoms with Crippen LogP contribution in [0.15, 0.2) is 92.7 Å². The van der Waals surface area contributed by atoms with Crippen molar-refractivity contribution < 1.29 is 14.3 Å². The van der Waals surface area contributed by atoms with Crippen LogP contribution in [0.5, 0.6) is 0 Å². The monoisotopic (exact) mass is 429 g/mol. The number of anilines is 2. The molecule has 1 aliphatic carbocycles. The standard InChI is InChI=1S/C22H15FN2O2S.K/c23-13-6-7-16-14(10-13)15(22(26)27)11-18(24-16)12-5-8-21-19(9-12)25-17-3-1-2-4-20(17)28-21;/h1-11,13,18,25H,(H,26,27);. The fourth-order valence-electron chi connectivity index (χ4n) is 3.55. The summed E-state index contributed by atoms with van der Waals surface area (Å²) in [7, 11) is 0. The van der Waals surface area contributed by atoms with Gasteiger partial charge in [-0.05, 0) is 54.1 Å². The van der Waals surface area contributed by atoms with Crippen LogP contribution in [0, 0.1) is 0 Å². The minimum atomic E-state index is -1.29. The fraction of sp³-hybridized carbons (Fsp3) is 0.0909. The van der Waals surface area contributed by atoms with Crippen molar-refractivity contribution in [2.24, 2.45) is 4.99 Å². The molecule has 2 aromatic carbocycles. The molecule has 2 aromatic rings. The van der Waals surface area contributed by atoms with E-state index < -0.39 is 18.2 Å². The molecule has 0 saturated heterocycles. The molecule has 0 amide bonds. The summed E-state index contributed by atoms with van der Waals surface area (Å²) in [6.45, 7) is 0. The zero-order valence-electron chi connectivity index (χ0n) is 15.6. The number of benzene rings is 2. The van der Waals surface area contributed by atoms with E-state index in [9.17, 15) is 14.3 Å². The molecule has 2 heterocycles. The Hall–Kier alpha value is -1.48. The second-order valence-corrected chi connectivity index (χ2v) is 7.79. The van der Waals surface area contributed by atoms with Crippen LogP contribution >= 0.6 is 11.8 Å². The number of nitrogens with zero attached hydrogens (tertiary/aromatic N) is 1. The van der Waals surface area contributed by atoms with Gasteiger partial charge in [-0.1, -0.05) is 30.0 Å². The first-order chi connectivity index (χ1) is 13.6. The number of aliphatic carboxylic acids is 1. The summed E-state index contributed by atoms with van der Waals surface area (Å²) in [4.78, 5) is 18.7. The first-order valence-corrected chi connectivity index (χ1v) is 9.66. The Morgan fingerprint density at radius 2 is 1.90 bits per heavy atom. The van der Waals surface area contributed by atoms with Gasteiger partial charge in [-0.3, -0.25) is 4.99 Å². The SMILES string of the molecule is O=C(O)C1=CC(c2ccc3c(c2)Nc2ccccc2S3)N=C2C=CC(F)C=C12.[K]. The number of aliphatic imine (C=N–C) groups is 1. The summed E-state index contributed by atoms with van der Waals surface area (Å²) in [6.07, 6.45) is 4.54. The topological polar surface area (TPSA) is 61.7 Å². The molecule has 0 bridgehead atoms. The minimum absolute atomic E-state index is 0. The Bertz CT molecular complexity index is 1140. The van der Waals surface area contributed by atoms with Crippen molar-refractivity contribution in [3.63, 3.8) is 0 Å². The number of alkyl halides is 1. The minimum Gasteiger partial charge on any atom is -0.478 e. The van der Waals surface area contributed by atoms with E-state index in [1.807, 2.05) is 36.4 Å². The Morgan fingerprint density at radius 3 is 2.72 bits per heavy atom. The quantitative estimate of drug-likeness (QED) is 0.572. The molecule has 139 valence electrons. The average Bonchev–Trinajstić information content (AvgIpc) is 2.71. The average molecular weight is 430 g/mol. The number of carboxylic acid groups (broad SMARTS) is 1. The van der Waals surface area contributed by atoms with E-state index in [4.69, 9.17) is 0 Å². The van der Waals surface area contributed by atoms with Gasteiger partial charge in [-0.2, -0.15) is 0 Å². The molecule has 2 atom stereocenters. The van der Waals surface area contributed by atoms with Crippen molar-refractivity contribution in [3.8, 4) is 0 Å². The number of nitrogens with one attached hydrogen (secondary N) is 1. The van der Waals surface area contributed by atoms with Crippen LogP contribution in [0.3, 0.4) is 0 Å². The van der Waals surface area contributed by atoms with Crippen LogP contribution in [-0.4, -0.2) is 74.3 Å². The number of rotatable bonds is 2. The van der Waals surface area contributed by atoms with E-state index in [-0.39, 0.29) is 57.0 Å². The normalized spacial score (nSPS) is 21.2. The zero-order valence-corrected chi connectivity index (χ0v) is 19.5. The van der Waals surface area contributed by atoms with Crippen molar-refractivity contribution in [1.29, 1.82) is 0 Å². The number of dihydropyridines is 1. The molecule has 2 aliphatic heterocycles. The van der Waals surface area contributed by atoms with Gasteiger partial charge < -0.3 is 10.4 Å². The Morgan fingerprint density at radius 1 is 1.10 bits per heavy atom. The molecule has 4 nitrogen and oxygen atoms in total. The predicted octanol–water partition coefficient (Wildman–Crippen LogP) is 4.86. The third-order valence-electron chi connectivity index (χ3n) is 4.88.